The second-order valence-corrected chi connectivity index (χ2v) is 7.72. The van der Waals surface area contributed by atoms with Crippen molar-refractivity contribution in [1.82, 2.24) is 5.32 Å². The molecule has 0 bridgehead atoms. The second kappa shape index (κ2) is 5.10. The van der Waals surface area contributed by atoms with Crippen LogP contribution in [0.5, 0.6) is 0 Å². The summed E-state index contributed by atoms with van der Waals surface area (Å²) in [6.45, 7) is 0.541. The first-order valence-electron chi connectivity index (χ1n) is 4.70. The fourth-order valence-corrected chi connectivity index (χ4v) is 4.19. The monoisotopic (exact) mass is 271 g/mol. The van der Waals surface area contributed by atoms with Gasteiger partial charge in [-0.15, -0.1) is 0 Å². The highest BCUT2D eigenvalue weighted by Crippen LogP contribution is 2.61. The predicted molar refractivity (Wildman–Crippen MR) is 58.0 cm³/mol. The molecule has 0 aromatic rings. The van der Waals surface area contributed by atoms with Gasteiger partial charge in [0.05, 0.1) is 0 Å². The molecule has 0 amide bonds. The van der Waals surface area contributed by atoms with Crippen molar-refractivity contribution in [2.24, 2.45) is 0 Å². The summed E-state index contributed by atoms with van der Waals surface area (Å²) < 4.78 is 22.0. The van der Waals surface area contributed by atoms with E-state index in [-0.39, 0.29) is 12.5 Å². The van der Waals surface area contributed by atoms with E-state index in [1.165, 1.54) is 0 Å². The molecule has 1 rings (SSSR count). The molecule has 1 unspecified atom stereocenters. The number of nitrogens with one attached hydrogen (secondary N) is 1. The van der Waals surface area contributed by atoms with Crippen LogP contribution in [0.15, 0.2) is 12.2 Å². The lowest BCUT2D eigenvalue weighted by Crippen LogP contribution is -2.34. The molecule has 0 radical (unpaired) electrons. The molecule has 0 spiro atoms. The summed E-state index contributed by atoms with van der Waals surface area (Å²) in [6.07, 6.45) is 3.94. The summed E-state index contributed by atoms with van der Waals surface area (Å²) in [4.78, 5) is 35.7. The van der Waals surface area contributed by atoms with Crippen molar-refractivity contribution >= 4 is 15.2 Å². The van der Waals surface area contributed by atoms with Crippen molar-refractivity contribution in [1.29, 1.82) is 0 Å². The quantitative estimate of drug-likeness (QED) is 0.359. The smallest absolute Gasteiger partial charge is 0.324 e. The van der Waals surface area contributed by atoms with Crippen molar-refractivity contribution < 1.29 is 28.7 Å². The van der Waals surface area contributed by atoms with E-state index in [9.17, 15) is 9.13 Å². The summed E-state index contributed by atoms with van der Waals surface area (Å²) in [5, 5.41) is 1.01. The summed E-state index contributed by atoms with van der Waals surface area (Å²) in [5.74, 6) is 0. The Hall–Kier alpha value is -0.0000000000000000971. The molecule has 0 saturated carbocycles. The molecule has 0 aromatic carbocycles. The highest BCUT2D eigenvalue weighted by molar-refractivity contribution is 7.70. The van der Waals surface area contributed by atoms with E-state index in [0.717, 1.165) is 0 Å². The molecule has 1 aliphatic rings. The van der Waals surface area contributed by atoms with Crippen molar-refractivity contribution in [3.63, 3.8) is 0 Å². The number of hydrogen-bond donors (Lipinski definition) is 5. The first kappa shape index (κ1) is 14.1. The van der Waals surface area contributed by atoms with Gasteiger partial charge in [0.2, 0.25) is 0 Å². The number of rotatable bonds is 4. The van der Waals surface area contributed by atoms with Crippen LogP contribution in [0.1, 0.15) is 12.8 Å². The lowest BCUT2D eigenvalue weighted by molar-refractivity contribution is 0.327. The average molecular weight is 271 g/mol. The van der Waals surface area contributed by atoms with E-state index >= 15 is 0 Å². The van der Waals surface area contributed by atoms with E-state index in [1.54, 1.807) is 0 Å². The van der Waals surface area contributed by atoms with Crippen LogP contribution in [0.25, 0.3) is 0 Å². The fraction of sp³-hybridized carbons (Fsp3) is 0.714. The highest BCUT2D eigenvalue weighted by atomic mass is 31.2. The van der Waals surface area contributed by atoms with Crippen LogP contribution in [0.4, 0.5) is 0 Å². The first-order valence-corrected chi connectivity index (χ1v) is 8.06. The SMILES string of the molecule is O=P(O)(O)C(CC1CC=CCN1)P(=O)(O)O. The maximum Gasteiger partial charge on any atom is 0.340 e. The molecule has 7 nitrogen and oxygen atoms in total. The second-order valence-electron chi connectivity index (χ2n) is 3.71. The molecular formula is C7H15NO6P2. The summed E-state index contributed by atoms with van der Waals surface area (Å²) >= 11 is 0. The summed E-state index contributed by atoms with van der Waals surface area (Å²) in [6, 6.07) is -0.310. The van der Waals surface area contributed by atoms with Crippen LogP contribution in [0, 0.1) is 0 Å². The number of hydrogen-bond acceptors (Lipinski definition) is 3. The third-order valence-electron chi connectivity index (χ3n) is 2.38. The van der Waals surface area contributed by atoms with Gasteiger partial charge in [-0.25, -0.2) is 0 Å². The Kier molecular flexibility index (Phi) is 4.49. The van der Waals surface area contributed by atoms with Gasteiger partial charge >= 0.3 is 15.2 Å². The van der Waals surface area contributed by atoms with Gasteiger partial charge in [-0.05, 0) is 12.8 Å². The lowest BCUT2D eigenvalue weighted by Gasteiger charge is -2.26. The Labute approximate surface area is 92.9 Å². The molecule has 1 aliphatic heterocycles. The third-order valence-corrected chi connectivity index (χ3v) is 6.16. The van der Waals surface area contributed by atoms with E-state index in [1.807, 2.05) is 12.2 Å². The minimum Gasteiger partial charge on any atom is -0.324 e. The predicted octanol–water partition coefficient (Wildman–Crippen LogP) is -0.0239. The normalized spacial score (nSPS) is 22.7. The summed E-state index contributed by atoms with van der Waals surface area (Å²) in [5.41, 5.74) is 0. The Morgan fingerprint density at radius 1 is 1.19 bits per heavy atom. The zero-order valence-electron chi connectivity index (χ0n) is 8.43. The van der Waals surface area contributed by atoms with Gasteiger partial charge in [-0.2, -0.15) is 0 Å². The van der Waals surface area contributed by atoms with E-state index < -0.39 is 20.6 Å². The fourth-order valence-electron chi connectivity index (χ4n) is 1.57. The van der Waals surface area contributed by atoms with Gasteiger partial charge in [0, 0.05) is 12.6 Å². The highest BCUT2D eigenvalue weighted by Gasteiger charge is 2.44. The van der Waals surface area contributed by atoms with Crippen LogP contribution in [-0.2, 0) is 9.13 Å². The minimum absolute atomic E-state index is 0.237. The molecule has 1 atom stereocenters. The molecule has 0 fully saturated rings. The molecule has 0 aliphatic carbocycles. The molecule has 0 aromatic heterocycles. The Bertz CT molecular complexity index is 336. The molecule has 9 heteroatoms. The van der Waals surface area contributed by atoms with E-state index in [4.69, 9.17) is 19.6 Å². The molecule has 5 N–H and O–H groups in total. The van der Waals surface area contributed by atoms with Gasteiger partial charge in [-0.1, -0.05) is 12.2 Å². The van der Waals surface area contributed by atoms with E-state index in [2.05, 4.69) is 5.32 Å². The summed E-state index contributed by atoms with van der Waals surface area (Å²) in [7, 11) is -9.58. The molecular weight excluding hydrogens is 256 g/mol. The average Bonchev–Trinajstić information content (AvgIpc) is 2.12. The van der Waals surface area contributed by atoms with Crippen molar-refractivity contribution in [3.05, 3.63) is 12.2 Å². The van der Waals surface area contributed by atoms with Gasteiger partial charge in [0.1, 0.15) is 0 Å². The van der Waals surface area contributed by atoms with Gasteiger partial charge in [-0.3, -0.25) is 9.13 Å². The zero-order chi connectivity index (χ0) is 12.4. The van der Waals surface area contributed by atoms with Crippen molar-refractivity contribution in [2.45, 2.75) is 24.3 Å². The lowest BCUT2D eigenvalue weighted by atomic mass is 10.1. The molecule has 16 heavy (non-hydrogen) atoms. The van der Waals surface area contributed by atoms with Crippen LogP contribution in [-0.4, -0.2) is 37.6 Å². The Balaban J connectivity index is 2.76. The van der Waals surface area contributed by atoms with Crippen LogP contribution in [0.2, 0.25) is 0 Å². The molecule has 0 saturated heterocycles. The third kappa shape index (κ3) is 4.11. The topological polar surface area (TPSA) is 127 Å². The Morgan fingerprint density at radius 3 is 2.12 bits per heavy atom. The minimum atomic E-state index is -4.79. The van der Waals surface area contributed by atoms with E-state index in [0.29, 0.717) is 13.0 Å². The Morgan fingerprint density at radius 2 is 1.75 bits per heavy atom. The first-order chi connectivity index (χ1) is 7.21. The van der Waals surface area contributed by atoms with Crippen LogP contribution < -0.4 is 5.32 Å². The molecule has 1 heterocycles. The maximum absolute atomic E-state index is 11.0. The van der Waals surface area contributed by atoms with Crippen molar-refractivity contribution in [3.8, 4) is 0 Å². The van der Waals surface area contributed by atoms with Gasteiger partial charge < -0.3 is 24.9 Å². The van der Waals surface area contributed by atoms with Crippen molar-refractivity contribution in [2.75, 3.05) is 6.54 Å². The van der Waals surface area contributed by atoms with Crippen LogP contribution in [0.3, 0.4) is 0 Å². The zero-order valence-corrected chi connectivity index (χ0v) is 10.2. The van der Waals surface area contributed by atoms with Gasteiger partial charge in [0.15, 0.2) is 5.40 Å². The maximum atomic E-state index is 11.0. The van der Waals surface area contributed by atoms with Crippen LogP contribution >= 0.6 is 15.2 Å². The standard InChI is InChI=1S/C7H15NO6P2/c9-15(10,11)7(16(12,13)14)5-6-3-1-2-4-8-6/h1-2,6-8H,3-5H2,(H2,9,10,11)(H2,12,13,14). The molecule has 94 valence electrons. The van der Waals surface area contributed by atoms with Gasteiger partial charge in [0.25, 0.3) is 0 Å². The largest absolute Gasteiger partial charge is 0.340 e.